The Labute approximate surface area is 520 Å². The Morgan fingerprint density at radius 3 is 0.691 bits per heavy atom. The first-order valence-electron chi connectivity index (χ1n) is 29.7. The molecule has 564 valence electrons. The van der Waals surface area contributed by atoms with Crippen LogP contribution in [0.4, 0.5) is 140 Å². The molecular formula is C55H78F32O7. The summed E-state index contributed by atoms with van der Waals surface area (Å²) < 4.78 is 489. The van der Waals surface area contributed by atoms with Gasteiger partial charge in [-0.3, -0.25) is 0 Å². The molecule has 0 saturated heterocycles. The molecule has 0 fully saturated rings. The average Bonchev–Trinajstić information content (AvgIpc) is 0.703. The number of rotatable bonds is 55. The van der Waals surface area contributed by atoms with Crippen molar-refractivity contribution < 1.29 is 174 Å². The highest BCUT2D eigenvalue weighted by molar-refractivity contribution is 5.68. The van der Waals surface area contributed by atoms with Crippen molar-refractivity contribution in [2.24, 2.45) is 11.8 Å². The van der Waals surface area contributed by atoms with Crippen molar-refractivity contribution in [1.82, 2.24) is 0 Å². The molecule has 0 aliphatic carbocycles. The molecule has 0 aromatic carbocycles. The smallest absolute Gasteiger partial charge is 0.385 e. The maximum Gasteiger partial charge on any atom is 0.385 e. The van der Waals surface area contributed by atoms with Gasteiger partial charge in [-0.2, -0.15) is 140 Å². The Balaban J connectivity index is 6.52. The molecule has 39 heteroatoms. The van der Waals surface area contributed by atoms with Gasteiger partial charge in [-0.15, -0.1) is 0 Å². The van der Waals surface area contributed by atoms with Crippen molar-refractivity contribution in [3.63, 3.8) is 0 Å². The highest BCUT2D eigenvalue weighted by atomic mass is 19.4. The minimum atomic E-state index is -9.00. The third-order valence-corrected chi connectivity index (χ3v) is 15.2. The third-order valence-electron chi connectivity index (χ3n) is 15.2. The van der Waals surface area contributed by atoms with Gasteiger partial charge in [0.15, 0.2) is 0 Å². The van der Waals surface area contributed by atoms with E-state index in [2.05, 4.69) is 23.7 Å². The molecule has 1 N–H and O–H groups in total. The lowest BCUT2D eigenvalue weighted by molar-refractivity contribution is -0.455. The largest absolute Gasteiger partial charge is 0.480 e. The number of ether oxygens (including phenoxy) is 5. The van der Waals surface area contributed by atoms with Gasteiger partial charge < -0.3 is 28.8 Å². The molecule has 0 rings (SSSR count). The van der Waals surface area contributed by atoms with Gasteiger partial charge in [0.2, 0.25) is 0 Å². The van der Waals surface area contributed by atoms with Gasteiger partial charge in [-0.25, -0.2) is 4.79 Å². The standard InChI is InChI=1S/C55H78F32O7/c1-5-9-13-17-21-36(22-18-14-10-6-2)25-27-90-32-40(56,57)44(64,65)48(72,73)52(80,81)54(84,85)50(76,77)46(68,69)42(60,61)34-92-29-38(94-31-39(88)89)30-93-35-43(62,63)47(70,71)51(78,79)55(86,87)53(82,83)49(74,75)45(66,67)41(58,59)33-91-28-26-37(23-19-15-11-7-3)24-20-16-12-8-4/h36-38H,5-35H2,1-4H3,(H,88,89). The molecule has 0 heterocycles. The number of hydrogen-bond donors (Lipinski definition) is 1. The van der Waals surface area contributed by atoms with Crippen LogP contribution < -0.4 is 0 Å². The highest BCUT2D eigenvalue weighted by Crippen LogP contribution is 2.66. The summed E-state index contributed by atoms with van der Waals surface area (Å²) in [4.78, 5) is 10.9. The van der Waals surface area contributed by atoms with Gasteiger partial charge >= 0.3 is 101 Å². The van der Waals surface area contributed by atoms with Gasteiger partial charge in [-0.05, 0) is 24.7 Å². The summed E-state index contributed by atoms with van der Waals surface area (Å²) in [7, 11) is 0. The van der Waals surface area contributed by atoms with Gasteiger partial charge in [0, 0.05) is 13.2 Å². The molecule has 0 aromatic rings. The molecule has 0 saturated carbocycles. The van der Waals surface area contributed by atoms with Crippen LogP contribution in [0, 0.1) is 11.8 Å². The molecule has 0 bridgehead atoms. The molecule has 0 aromatic heterocycles. The van der Waals surface area contributed by atoms with E-state index in [1.165, 1.54) is 0 Å². The van der Waals surface area contributed by atoms with Crippen LogP contribution in [0.2, 0.25) is 0 Å². The number of halogens is 32. The molecular weight excluding hydrogens is 1380 g/mol. The molecule has 0 unspecified atom stereocenters. The van der Waals surface area contributed by atoms with Gasteiger partial charge in [0.05, 0.1) is 13.2 Å². The second kappa shape index (κ2) is 35.9. The first kappa shape index (κ1) is 91.0. The quantitative estimate of drug-likeness (QED) is 0.0480. The number of carboxylic acids is 1. The predicted molar refractivity (Wildman–Crippen MR) is 271 cm³/mol. The van der Waals surface area contributed by atoms with E-state index in [-0.39, 0.29) is 12.8 Å². The van der Waals surface area contributed by atoms with Crippen molar-refractivity contribution in [3.8, 4) is 0 Å². The second-order valence-corrected chi connectivity index (χ2v) is 22.9. The summed E-state index contributed by atoms with van der Waals surface area (Å²) in [5, 5.41) is 8.76. The Bertz CT molecular complexity index is 2010. The topological polar surface area (TPSA) is 83.5 Å². The summed E-state index contributed by atoms with van der Waals surface area (Å²) in [5.41, 5.74) is 0. The normalized spacial score (nSPS) is 15.0. The summed E-state index contributed by atoms with van der Waals surface area (Å²) in [6.07, 6.45) is 8.63. The van der Waals surface area contributed by atoms with Crippen molar-refractivity contribution in [1.29, 1.82) is 0 Å². The van der Waals surface area contributed by atoms with E-state index in [0.717, 1.165) is 51.4 Å². The highest BCUT2D eigenvalue weighted by Gasteiger charge is 2.96. The van der Waals surface area contributed by atoms with E-state index < -0.39 is 178 Å². The minimum absolute atomic E-state index is 0.281. The van der Waals surface area contributed by atoms with Gasteiger partial charge in [0.25, 0.3) is 0 Å². The first-order valence-corrected chi connectivity index (χ1v) is 29.7. The van der Waals surface area contributed by atoms with Crippen LogP contribution in [0.1, 0.15) is 169 Å². The monoisotopic (exact) mass is 1460 g/mol. The zero-order valence-electron chi connectivity index (χ0n) is 51.1. The molecule has 0 spiro atoms. The number of aliphatic carboxylic acids is 1. The van der Waals surface area contributed by atoms with Crippen LogP contribution in [0.3, 0.4) is 0 Å². The van der Waals surface area contributed by atoms with Crippen LogP contribution in [-0.4, -0.2) is 171 Å². The molecule has 0 atom stereocenters. The Kier molecular flexibility index (Phi) is 34.7. The van der Waals surface area contributed by atoms with E-state index >= 15 is 0 Å². The fourth-order valence-electron chi connectivity index (χ4n) is 9.04. The van der Waals surface area contributed by atoms with E-state index in [1.807, 2.05) is 27.7 Å². The second-order valence-electron chi connectivity index (χ2n) is 22.9. The van der Waals surface area contributed by atoms with E-state index in [9.17, 15) is 145 Å². The van der Waals surface area contributed by atoms with Crippen molar-refractivity contribution in [3.05, 3.63) is 0 Å². The third kappa shape index (κ3) is 20.8. The minimum Gasteiger partial charge on any atom is -0.480 e. The van der Waals surface area contributed by atoms with Crippen LogP contribution in [0.25, 0.3) is 0 Å². The summed E-state index contributed by atoms with van der Waals surface area (Å²) in [5.74, 6) is -135. The van der Waals surface area contributed by atoms with Crippen molar-refractivity contribution >= 4 is 5.97 Å². The maximum absolute atomic E-state index is 14.7. The lowest BCUT2D eigenvalue weighted by atomic mass is 9.87. The fourth-order valence-corrected chi connectivity index (χ4v) is 9.04. The Morgan fingerprint density at radius 2 is 0.489 bits per heavy atom. The van der Waals surface area contributed by atoms with Gasteiger partial charge in [-0.1, -0.05) is 156 Å². The molecule has 0 aliphatic heterocycles. The molecule has 0 amide bonds. The predicted octanol–water partition coefficient (Wildman–Crippen LogP) is 20.6. The zero-order chi connectivity index (χ0) is 73.8. The van der Waals surface area contributed by atoms with E-state index in [0.29, 0.717) is 77.0 Å². The Hall–Kier alpha value is -2.97. The van der Waals surface area contributed by atoms with Crippen LogP contribution in [-0.2, 0) is 28.5 Å². The van der Waals surface area contributed by atoms with Crippen LogP contribution in [0.5, 0.6) is 0 Å². The Morgan fingerprint density at radius 1 is 0.287 bits per heavy atom. The maximum atomic E-state index is 14.7. The summed E-state index contributed by atoms with van der Waals surface area (Å²) >= 11 is 0. The fraction of sp³-hybridized carbons (Fsp3) is 0.982. The summed E-state index contributed by atoms with van der Waals surface area (Å²) in [6, 6.07) is 0. The molecule has 0 aliphatic rings. The SMILES string of the molecule is CCCCCCC(CCCCCC)CCOCC(F)(F)C(F)(F)C(F)(F)C(F)(F)C(F)(F)C(F)(F)C(F)(F)C(F)(F)COCC(COCC(F)(F)C(F)(F)C(F)(F)C(F)(F)C(F)(F)C(F)(F)C(F)(F)C(F)(F)COCCC(CCCCCC)CCCCCC)OCC(=O)O. The molecule has 0 radical (unpaired) electrons. The lowest BCUT2D eigenvalue weighted by Crippen LogP contribution is -2.75. The van der Waals surface area contributed by atoms with Gasteiger partial charge in [0.1, 0.15) is 39.1 Å². The van der Waals surface area contributed by atoms with Crippen molar-refractivity contribution in [2.75, 3.05) is 59.5 Å². The number of unbranched alkanes of at least 4 members (excludes halogenated alkanes) is 12. The lowest BCUT2D eigenvalue weighted by Gasteiger charge is -2.43. The number of carboxylic acid groups (broad SMARTS) is 1. The van der Waals surface area contributed by atoms with Crippen LogP contribution >= 0.6 is 0 Å². The van der Waals surface area contributed by atoms with Crippen LogP contribution in [0.15, 0.2) is 0 Å². The van der Waals surface area contributed by atoms with E-state index in [4.69, 9.17) is 5.11 Å². The zero-order valence-corrected chi connectivity index (χ0v) is 51.1. The molecule has 7 nitrogen and oxygen atoms in total. The number of alkyl halides is 32. The van der Waals surface area contributed by atoms with E-state index in [1.54, 1.807) is 0 Å². The molecule has 94 heavy (non-hydrogen) atoms. The first-order chi connectivity index (χ1) is 42.5. The number of hydrogen-bond acceptors (Lipinski definition) is 6. The number of carbonyl (C=O) groups is 1. The summed E-state index contributed by atoms with van der Waals surface area (Å²) in [6.45, 7) is -15.4. The van der Waals surface area contributed by atoms with Crippen molar-refractivity contribution in [2.45, 2.75) is 270 Å². The average molecular weight is 1460 g/mol.